The third-order valence-electron chi connectivity index (χ3n) is 4.31. The highest BCUT2D eigenvalue weighted by molar-refractivity contribution is 6.44. The number of carbonyl (C=O) groups is 1. The van der Waals surface area contributed by atoms with Gasteiger partial charge in [0.15, 0.2) is 0 Å². The van der Waals surface area contributed by atoms with Crippen molar-refractivity contribution >= 4 is 13.1 Å². The number of carboxylic acids is 1. The lowest BCUT2D eigenvalue weighted by Crippen LogP contribution is -2.59. The zero-order chi connectivity index (χ0) is 17.3. The van der Waals surface area contributed by atoms with Crippen LogP contribution in [0.25, 0.3) is 0 Å². The first-order chi connectivity index (χ1) is 11.5. The van der Waals surface area contributed by atoms with Crippen LogP contribution in [0.3, 0.4) is 0 Å². The number of aryl methyl sites for hydroxylation is 1. The van der Waals surface area contributed by atoms with Gasteiger partial charge in [0, 0.05) is 19.6 Å². The van der Waals surface area contributed by atoms with E-state index >= 15 is 0 Å². The van der Waals surface area contributed by atoms with Gasteiger partial charge in [0.2, 0.25) is 0 Å². The highest BCUT2D eigenvalue weighted by atomic mass is 16.5. The number of carboxylic acid groups (broad SMARTS) is 1. The Morgan fingerprint density at radius 3 is 2.96 bits per heavy atom. The number of aromatic carboxylic acids is 1. The summed E-state index contributed by atoms with van der Waals surface area (Å²) in [6.45, 7) is 1.49. The normalized spacial score (nSPS) is 19.2. The van der Waals surface area contributed by atoms with Gasteiger partial charge in [0.25, 0.3) is 0 Å². The SMILES string of the molecule is CNCC(O)N1CC(Oc2ccc3c(c2C(=O)O)OB(O)CC3)C1. The van der Waals surface area contributed by atoms with Crippen LogP contribution in [-0.4, -0.2) is 72.2 Å². The molecule has 3 rings (SSSR count). The Morgan fingerprint density at radius 1 is 1.54 bits per heavy atom. The van der Waals surface area contributed by atoms with Crippen molar-refractivity contribution in [1.29, 1.82) is 0 Å². The zero-order valence-corrected chi connectivity index (χ0v) is 13.4. The summed E-state index contributed by atoms with van der Waals surface area (Å²) in [6.07, 6.45) is 0.217. The summed E-state index contributed by atoms with van der Waals surface area (Å²) in [6, 6.07) is 3.41. The van der Waals surface area contributed by atoms with Gasteiger partial charge in [0.05, 0.1) is 0 Å². The fraction of sp³-hybridized carbons (Fsp3) is 0.533. The minimum absolute atomic E-state index is 0.0551. The van der Waals surface area contributed by atoms with E-state index in [1.807, 2.05) is 4.90 Å². The number of likely N-dealkylation sites (tertiary alicyclic amines) is 1. The monoisotopic (exact) mass is 336 g/mol. The number of aliphatic hydroxyl groups excluding tert-OH is 1. The molecule has 1 unspecified atom stereocenters. The van der Waals surface area contributed by atoms with Crippen LogP contribution in [0.5, 0.6) is 11.5 Å². The third-order valence-corrected chi connectivity index (χ3v) is 4.31. The van der Waals surface area contributed by atoms with Crippen molar-refractivity contribution in [2.24, 2.45) is 0 Å². The fourth-order valence-electron chi connectivity index (χ4n) is 2.99. The molecule has 0 aliphatic carbocycles. The first-order valence-electron chi connectivity index (χ1n) is 7.97. The molecule has 9 heteroatoms. The van der Waals surface area contributed by atoms with E-state index in [1.54, 1.807) is 19.2 Å². The first kappa shape index (κ1) is 17.0. The number of rotatable bonds is 6. The standard InChI is InChI=1S/C15H21BN2O6/c1-17-6-12(19)18-7-10(8-18)23-11-3-2-9-4-5-16(22)24-14(9)13(11)15(20)21/h2-3,10,12,17,19,22H,4-8H2,1H3,(H,20,21). The summed E-state index contributed by atoms with van der Waals surface area (Å²) >= 11 is 0. The number of ether oxygens (including phenoxy) is 1. The summed E-state index contributed by atoms with van der Waals surface area (Å²) in [5.74, 6) is -0.740. The van der Waals surface area contributed by atoms with Gasteiger partial charge in [-0.2, -0.15) is 0 Å². The average Bonchev–Trinajstić information content (AvgIpc) is 2.49. The maximum absolute atomic E-state index is 11.6. The number of benzene rings is 1. The lowest BCUT2D eigenvalue weighted by molar-refractivity contribution is -0.0875. The molecule has 1 aromatic rings. The van der Waals surface area contributed by atoms with Gasteiger partial charge >= 0.3 is 13.1 Å². The molecule has 0 bridgehead atoms. The lowest BCUT2D eigenvalue weighted by Gasteiger charge is -2.42. The molecule has 1 fully saturated rings. The molecule has 2 aliphatic heterocycles. The number of fused-ring (bicyclic) bond motifs is 1. The van der Waals surface area contributed by atoms with Crippen molar-refractivity contribution < 1.29 is 29.4 Å². The predicted molar refractivity (Wildman–Crippen MR) is 86.4 cm³/mol. The maximum Gasteiger partial charge on any atom is 0.522 e. The summed E-state index contributed by atoms with van der Waals surface area (Å²) in [4.78, 5) is 13.5. The lowest BCUT2D eigenvalue weighted by atomic mass is 9.78. The maximum atomic E-state index is 11.6. The minimum Gasteiger partial charge on any atom is -0.535 e. The van der Waals surface area contributed by atoms with Crippen molar-refractivity contribution in [3.63, 3.8) is 0 Å². The Bertz CT molecular complexity index is 622. The number of nitrogens with zero attached hydrogens (tertiary/aromatic N) is 1. The second-order valence-corrected chi connectivity index (χ2v) is 6.08. The van der Waals surface area contributed by atoms with E-state index < -0.39 is 19.3 Å². The molecule has 24 heavy (non-hydrogen) atoms. The fourth-order valence-corrected chi connectivity index (χ4v) is 2.99. The second-order valence-electron chi connectivity index (χ2n) is 6.08. The molecule has 8 nitrogen and oxygen atoms in total. The number of nitrogens with one attached hydrogen (secondary N) is 1. The minimum atomic E-state index is -1.15. The number of hydrogen-bond donors (Lipinski definition) is 4. The molecular weight excluding hydrogens is 315 g/mol. The Hall–Kier alpha value is -1.81. The predicted octanol–water partition coefficient (Wildman–Crippen LogP) is -0.599. The van der Waals surface area contributed by atoms with Gasteiger partial charge in [-0.15, -0.1) is 0 Å². The van der Waals surface area contributed by atoms with Crippen LogP contribution in [0.4, 0.5) is 0 Å². The molecule has 2 aliphatic rings. The third kappa shape index (κ3) is 3.34. The molecule has 1 aromatic carbocycles. The number of hydrogen-bond acceptors (Lipinski definition) is 7. The molecule has 1 atom stereocenters. The Balaban J connectivity index is 1.73. The van der Waals surface area contributed by atoms with Crippen LogP contribution >= 0.6 is 0 Å². The molecule has 130 valence electrons. The Kier molecular flexibility index (Phi) is 4.95. The summed E-state index contributed by atoms with van der Waals surface area (Å²) in [5, 5.41) is 31.9. The van der Waals surface area contributed by atoms with Gasteiger partial charge < -0.3 is 29.9 Å². The van der Waals surface area contributed by atoms with Gasteiger partial charge in [-0.25, -0.2) is 4.79 Å². The largest absolute Gasteiger partial charge is 0.535 e. The molecule has 0 radical (unpaired) electrons. The van der Waals surface area contributed by atoms with Crippen molar-refractivity contribution in [2.75, 3.05) is 26.7 Å². The average molecular weight is 336 g/mol. The highest BCUT2D eigenvalue weighted by Crippen LogP contribution is 2.37. The van der Waals surface area contributed by atoms with Crippen molar-refractivity contribution in [3.05, 3.63) is 23.3 Å². The van der Waals surface area contributed by atoms with Crippen molar-refractivity contribution in [2.45, 2.75) is 25.1 Å². The molecule has 0 spiro atoms. The molecule has 4 N–H and O–H groups in total. The Labute approximate surface area is 140 Å². The molecule has 0 saturated carbocycles. The number of likely N-dealkylation sites (N-methyl/N-ethyl adjacent to an activating group) is 1. The highest BCUT2D eigenvalue weighted by Gasteiger charge is 2.35. The molecule has 1 saturated heterocycles. The second kappa shape index (κ2) is 6.98. The van der Waals surface area contributed by atoms with Gasteiger partial charge in [-0.1, -0.05) is 6.07 Å². The van der Waals surface area contributed by atoms with E-state index in [0.29, 0.717) is 32.4 Å². The molecule has 0 amide bonds. The smallest absolute Gasteiger partial charge is 0.522 e. The van der Waals surface area contributed by atoms with E-state index in [0.717, 1.165) is 5.56 Å². The molecule has 0 aromatic heterocycles. The van der Waals surface area contributed by atoms with Gasteiger partial charge in [0.1, 0.15) is 29.4 Å². The summed E-state index contributed by atoms with van der Waals surface area (Å²) < 4.78 is 11.1. The first-order valence-corrected chi connectivity index (χ1v) is 7.97. The number of aliphatic hydroxyl groups is 1. The van der Waals surface area contributed by atoms with E-state index in [4.69, 9.17) is 9.39 Å². The van der Waals surface area contributed by atoms with Gasteiger partial charge in [-0.3, -0.25) is 4.90 Å². The zero-order valence-electron chi connectivity index (χ0n) is 13.4. The van der Waals surface area contributed by atoms with Crippen LogP contribution in [0, 0.1) is 0 Å². The molecule has 2 heterocycles. The van der Waals surface area contributed by atoms with Crippen molar-refractivity contribution in [1.82, 2.24) is 10.2 Å². The van der Waals surface area contributed by atoms with E-state index in [-0.39, 0.29) is 23.2 Å². The van der Waals surface area contributed by atoms with Gasteiger partial charge in [-0.05, 0) is 31.4 Å². The molecular formula is C15H21BN2O6. The Morgan fingerprint density at radius 2 is 2.29 bits per heavy atom. The van der Waals surface area contributed by atoms with Crippen LogP contribution in [-0.2, 0) is 6.42 Å². The van der Waals surface area contributed by atoms with Crippen LogP contribution in [0.2, 0.25) is 6.32 Å². The van der Waals surface area contributed by atoms with E-state index in [2.05, 4.69) is 5.32 Å². The van der Waals surface area contributed by atoms with Crippen LogP contribution in [0.1, 0.15) is 15.9 Å². The quantitative estimate of drug-likeness (QED) is 0.510. The summed E-state index contributed by atoms with van der Waals surface area (Å²) in [5.41, 5.74) is 0.699. The van der Waals surface area contributed by atoms with E-state index in [1.165, 1.54) is 0 Å². The topological polar surface area (TPSA) is 111 Å². The summed E-state index contributed by atoms with van der Waals surface area (Å²) in [7, 11) is 0.763. The van der Waals surface area contributed by atoms with Crippen LogP contribution < -0.4 is 14.7 Å². The van der Waals surface area contributed by atoms with Crippen LogP contribution in [0.15, 0.2) is 12.1 Å². The van der Waals surface area contributed by atoms with Crippen molar-refractivity contribution in [3.8, 4) is 11.5 Å². The van der Waals surface area contributed by atoms with E-state index in [9.17, 15) is 20.0 Å².